The minimum atomic E-state index is -1.00. The second kappa shape index (κ2) is 21.5. The van der Waals surface area contributed by atoms with Gasteiger partial charge in [-0.05, 0) is 19.3 Å². The van der Waals surface area contributed by atoms with Crippen molar-refractivity contribution < 1.29 is 19.8 Å². The summed E-state index contributed by atoms with van der Waals surface area (Å²) < 4.78 is 0. The Kier molecular flexibility index (Phi) is 21.8. The van der Waals surface area contributed by atoms with E-state index in [0.717, 1.165) is 12.8 Å². The van der Waals surface area contributed by atoms with Crippen LogP contribution in [-0.2, 0) is 9.59 Å². The SMILES string of the molecule is CCCCCCCCCCCCCC(=O)O.NC(N)=NCCC[C@H](N)C(=O)O. The number of hydrogen-bond acceptors (Lipinski definition) is 4. The zero-order chi connectivity index (χ0) is 21.6. The van der Waals surface area contributed by atoms with Crippen molar-refractivity contribution in [3.8, 4) is 0 Å². The smallest absolute Gasteiger partial charge is 0.320 e. The number of rotatable bonds is 17. The molecule has 0 saturated carbocycles. The van der Waals surface area contributed by atoms with Gasteiger partial charge in [-0.2, -0.15) is 0 Å². The lowest BCUT2D eigenvalue weighted by molar-refractivity contribution is -0.139. The third-order valence-electron chi connectivity index (χ3n) is 4.28. The summed E-state index contributed by atoms with van der Waals surface area (Å²) in [7, 11) is 0. The number of carbonyl (C=O) groups is 2. The van der Waals surface area contributed by atoms with Gasteiger partial charge in [0.15, 0.2) is 5.96 Å². The monoisotopic (exact) mass is 402 g/mol. The number of guanidine groups is 1. The van der Waals surface area contributed by atoms with E-state index >= 15 is 0 Å². The van der Waals surface area contributed by atoms with Crippen LogP contribution in [0.1, 0.15) is 96.8 Å². The lowest BCUT2D eigenvalue weighted by Gasteiger charge is -2.03. The van der Waals surface area contributed by atoms with Gasteiger partial charge in [0.1, 0.15) is 6.04 Å². The first kappa shape index (κ1) is 28.4. The molecular weight excluding hydrogens is 360 g/mol. The molecule has 0 aliphatic rings. The average Bonchev–Trinajstić information content (AvgIpc) is 2.63. The fourth-order valence-corrected chi connectivity index (χ4v) is 2.58. The highest BCUT2D eigenvalue weighted by molar-refractivity contribution is 5.75. The summed E-state index contributed by atoms with van der Waals surface area (Å²) in [5.41, 5.74) is 15.3. The molecule has 8 heteroatoms. The van der Waals surface area contributed by atoms with Crippen LogP contribution in [0, 0.1) is 0 Å². The Morgan fingerprint density at radius 2 is 1.29 bits per heavy atom. The van der Waals surface area contributed by atoms with Crippen molar-refractivity contribution in [1.82, 2.24) is 0 Å². The topological polar surface area (TPSA) is 165 Å². The van der Waals surface area contributed by atoms with Crippen LogP contribution < -0.4 is 17.2 Å². The normalized spacial score (nSPS) is 11.2. The van der Waals surface area contributed by atoms with Crippen LogP contribution in [0.3, 0.4) is 0 Å². The maximum absolute atomic E-state index is 10.3. The highest BCUT2D eigenvalue weighted by Crippen LogP contribution is 2.11. The number of nitrogens with two attached hydrogens (primary N) is 3. The predicted octanol–water partition coefficient (Wildman–Crippen LogP) is 3.22. The lowest BCUT2D eigenvalue weighted by Crippen LogP contribution is -2.30. The molecule has 0 bridgehead atoms. The van der Waals surface area contributed by atoms with Gasteiger partial charge in [0.25, 0.3) is 0 Å². The number of carboxylic acid groups (broad SMARTS) is 2. The van der Waals surface area contributed by atoms with Crippen molar-refractivity contribution in [1.29, 1.82) is 0 Å². The van der Waals surface area contributed by atoms with E-state index < -0.39 is 18.0 Å². The van der Waals surface area contributed by atoms with E-state index in [1.165, 1.54) is 57.8 Å². The minimum Gasteiger partial charge on any atom is -0.481 e. The molecule has 8 nitrogen and oxygen atoms in total. The van der Waals surface area contributed by atoms with E-state index in [-0.39, 0.29) is 5.96 Å². The highest BCUT2D eigenvalue weighted by Gasteiger charge is 2.09. The van der Waals surface area contributed by atoms with Gasteiger partial charge < -0.3 is 27.4 Å². The summed E-state index contributed by atoms with van der Waals surface area (Å²) in [6, 6.07) is -0.820. The molecule has 0 amide bonds. The zero-order valence-corrected chi connectivity index (χ0v) is 17.6. The van der Waals surface area contributed by atoms with Crippen LogP contribution in [0.4, 0.5) is 0 Å². The quantitative estimate of drug-likeness (QED) is 0.141. The Bertz CT molecular complexity index is 413. The molecule has 0 spiro atoms. The molecule has 0 aromatic rings. The van der Waals surface area contributed by atoms with E-state index in [4.69, 9.17) is 27.4 Å². The Morgan fingerprint density at radius 1 is 0.821 bits per heavy atom. The van der Waals surface area contributed by atoms with Crippen molar-refractivity contribution in [3.05, 3.63) is 0 Å². The molecule has 0 heterocycles. The summed E-state index contributed by atoms with van der Waals surface area (Å²) in [5.74, 6) is -1.64. The highest BCUT2D eigenvalue weighted by atomic mass is 16.4. The molecular formula is C20H42N4O4. The Balaban J connectivity index is 0. The number of hydrogen-bond donors (Lipinski definition) is 5. The van der Waals surface area contributed by atoms with Gasteiger partial charge in [-0.3, -0.25) is 14.6 Å². The summed E-state index contributed by atoms with van der Waals surface area (Å²) in [6.45, 7) is 2.67. The standard InChI is InChI=1S/C14H28O2.C6H14N4O2/c1-2-3-4-5-6-7-8-9-10-11-12-13-14(15)16;7-4(5(11)12)2-1-3-10-6(8)9/h2-13H2,1H3,(H,15,16);4H,1-3,7H2,(H,11,12)(H4,8,9,10)/t;4-/m.0/s1. The largest absolute Gasteiger partial charge is 0.481 e. The van der Waals surface area contributed by atoms with E-state index in [9.17, 15) is 9.59 Å². The van der Waals surface area contributed by atoms with E-state index in [2.05, 4.69) is 11.9 Å². The molecule has 0 unspecified atom stereocenters. The Morgan fingerprint density at radius 3 is 1.68 bits per heavy atom. The predicted molar refractivity (Wildman–Crippen MR) is 114 cm³/mol. The van der Waals surface area contributed by atoms with Gasteiger partial charge in [0, 0.05) is 13.0 Å². The molecule has 1 atom stereocenters. The van der Waals surface area contributed by atoms with Gasteiger partial charge in [-0.1, -0.05) is 71.1 Å². The molecule has 166 valence electrons. The summed E-state index contributed by atoms with van der Waals surface area (Å²) in [4.78, 5) is 24.2. The van der Waals surface area contributed by atoms with E-state index in [1.807, 2.05) is 0 Å². The van der Waals surface area contributed by atoms with Crippen molar-refractivity contribution in [2.75, 3.05) is 6.54 Å². The van der Waals surface area contributed by atoms with Gasteiger partial charge in [0.05, 0.1) is 0 Å². The molecule has 0 aliphatic heterocycles. The van der Waals surface area contributed by atoms with Crippen LogP contribution in [0.5, 0.6) is 0 Å². The maximum atomic E-state index is 10.3. The molecule has 8 N–H and O–H groups in total. The van der Waals surface area contributed by atoms with E-state index in [1.54, 1.807) is 0 Å². The first-order valence-electron chi connectivity index (χ1n) is 10.6. The van der Waals surface area contributed by atoms with Crippen LogP contribution in [0.2, 0.25) is 0 Å². The number of carboxylic acids is 2. The molecule has 0 aliphatic carbocycles. The molecule has 0 rings (SSSR count). The van der Waals surface area contributed by atoms with Crippen molar-refractivity contribution >= 4 is 17.9 Å². The molecule has 0 aromatic carbocycles. The second-order valence-corrected chi connectivity index (χ2v) is 7.07. The van der Waals surface area contributed by atoms with Crippen LogP contribution in [0.25, 0.3) is 0 Å². The third kappa shape index (κ3) is 26.4. The Hall–Kier alpha value is -1.83. The lowest BCUT2D eigenvalue weighted by atomic mass is 10.1. The molecule has 28 heavy (non-hydrogen) atoms. The first-order valence-corrected chi connectivity index (χ1v) is 10.6. The van der Waals surface area contributed by atoms with Crippen molar-refractivity contribution in [2.24, 2.45) is 22.2 Å². The maximum Gasteiger partial charge on any atom is 0.320 e. The van der Waals surface area contributed by atoms with E-state index in [0.29, 0.717) is 25.8 Å². The summed E-state index contributed by atoms with van der Waals surface area (Å²) >= 11 is 0. The summed E-state index contributed by atoms with van der Waals surface area (Å²) in [6.07, 6.45) is 15.3. The third-order valence-corrected chi connectivity index (χ3v) is 4.28. The van der Waals surface area contributed by atoms with Crippen LogP contribution in [-0.4, -0.2) is 40.7 Å². The first-order chi connectivity index (χ1) is 13.3. The summed E-state index contributed by atoms with van der Waals surface area (Å²) in [5, 5.41) is 16.8. The fraction of sp³-hybridized carbons (Fsp3) is 0.850. The van der Waals surface area contributed by atoms with Crippen LogP contribution in [0.15, 0.2) is 4.99 Å². The minimum absolute atomic E-state index is 0.0129. The second-order valence-electron chi connectivity index (χ2n) is 7.07. The van der Waals surface area contributed by atoms with Crippen molar-refractivity contribution in [3.63, 3.8) is 0 Å². The number of aliphatic carboxylic acids is 2. The number of nitrogens with zero attached hydrogens (tertiary/aromatic N) is 1. The molecule has 0 saturated heterocycles. The fourth-order valence-electron chi connectivity index (χ4n) is 2.58. The Labute approximate surface area is 170 Å². The molecule has 0 aromatic heterocycles. The zero-order valence-electron chi connectivity index (χ0n) is 17.6. The molecule has 0 radical (unpaired) electrons. The average molecular weight is 403 g/mol. The number of unbranched alkanes of at least 4 members (excludes halogenated alkanes) is 10. The molecule has 0 fully saturated rings. The van der Waals surface area contributed by atoms with Gasteiger partial charge in [-0.25, -0.2) is 0 Å². The number of aliphatic imine (C=N–C) groups is 1. The van der Waals surface area contributed by atoms with Crippen molar-refractivity contribution in [2.45, 2.75) is 103 Å². The van der Waals surface area contributed by atoms with Gasteiger partial charge in [-0.15, -0.1) is 0 Å². The van der Waals surface area contributed by atoms with Gasteiger partial charge >= 0.3 is 11.9 Å². The van der Waals surface area contributed by atoms with Crippen LogP contribution >= 0.6 is 0 Å². The van der Waals surface area contributed by atoms with Gasteiger partial charge in [0.2, 0.25) is 0 Å².